The van der Waals surface area contributed by atoms with Crippen LogP contribution in [0.4, 0.5) is 0 Å². The van der Waals surface area contributed by atoms with Crippen molar-refractivity contribution in [2.75, 3.05) is 7.11 Å². The predicted molar refractivity (Wildman–Crippen MR) is 58.0 cm³/mol. The number of phenolic OH excluding ortho intramolecular Hbond substituents is 1. The van der Waals surface area contributed by atoms with Crippen LogP contribution in [0.15, 0.2) is 18.2 Å². The fraction of sp³-hybridized carbons (Fsp3) is 0.500. The van der Waals surface area contributed by atoms with Crippen LogP contribution in [0.1, 0.15) is 32.8 Å². The summed E-state index contributed by atoms with van der Waals surface area (Å²) in [4.78, 5) is 0. The lowest BCUT2D eigenvalue weighted by atomic mass is 9.82. The van der Waals surface area contributed by atoms with Gasteiger partial charge < -0.3 is 9.84 Å². The maximum absolute atomic E-state index is 9.45. The molecule has 0 amide bonds. The van der Waals surface area contributed by atoms with Crippen LogP contribution in [0.2, 0.25) is 0 Å². The quantitative estimate of drug-likeness (QED) is 0.801. The van der Waals surface area contributed by atoms with Crippen LogP contribution in [-0.2, 0) is 5.41 Å². The molecule has 0 saturated heterocycles. The summed E-state index contributed by atoms with van der Waals surface area (Å²) in [6.07, 6.45) is 1.06. The SMILES string of the molecule is CCC(C)(C)c1ccc(O)c(OC)c1. The van der Waals surface area contributed by atoms with Gasteiger partial charge in [-0.3, -0.25) is 0 Å². The van der Waals surface area contributed by atoms with Crippen LogP contribution in [0.5, 0.6) is 11.5 Å². The van der Waals surface area contributed by atoms with Crippen molar-refractivity contribution < 1.29 is 9.84 Å². The van der Waals surface area contributed by atoms with E-state index < -0.39 is 0 Å². The molecule has 2 heteroatoms. The molecule has 0 fully saturated rings. The van der Waals surface area contributed by atoms with Gasteiger partial charge >= 0.3 is 0 Å². The van der Waals surface area contributed by atoms with Crippen LogP contribution in [-0.4, -0.2) is 12.2 Å². The molecule has 0 unspecified atom stereocenters. The highest BCUT2D eigenvalue weighted by Gasteiger charge is 2.19. The smallest absolute Gasteiger partial charge is 0.160 e. The van der Waals surface area contributed by atoms with Crippen LogP contribution in [0, 0.1) is 0 Å². The third kappa shape index (κ3) is 2.00. The van der Waals surface area contributed by atoms with E-state index in [0.29, 0.717) is 5.75 Å². The van der Waals surface area contributed by atoms with Crippen molar-refractivity contribution in [2.24, 2.45) is 0 Å². The summed E-state index contributed by atoms with van der Waals surface area (Å²) in [5, 5.41) is 9.45. The maximum atomic E-state index is 9.45. The van der Waals surface area contributed by atoms with E-state index >= 15 is 0 Å². The highest BCUT2D eigenvalue weighted by atomic mass is 16.5. The number of rotatable bonds is 3. The second kappa shape index (κ2) is 3.91. The molecule has 0 aromatic heterocycles. The van der Waals surface area contributed by atoms with E-state index in [2.05, 4.69) is 20.8 Å². The third-order valence-corrected chi connectivity index (χ3v) is 2.85. The zero-order valence-corrected chi connectivity index (χ0v) is 9.29. The Morgan fingerprint density at radius 3 is 2.50 bits per heavy atom. The van der Waals surface area contributed by atoms with Gasteiger partial charge in [0.1, 0.15) is 0 Å². The van der Waals surface area contributed by atoms with Gasteiger partial charge in [0.2, 0.25) is 0 Å². The molecule has 1 aromatic rings. The standard InChI is InChI=1S/C12H18O2/c1-5-12(2,3)9-6-7-10(13)11(8-9)14-4/h6-8,13H,5H2,1-4H3. The molecule has 0 bridgehead atoms. The Hall–Kier alpha value is -1.18. The van der Waals surface area contributed by atoms with Crippen molar-refractivity contribution in [3.63, 3.8) is 0 Å². The van der Waals surface area contributed by atoms with Crippen LogP contribution >= 0.6 is 0 Å². The van der Waals surface area contributed by atoms with Crippen molar-refractivity contribution in [3.8, 4) is 11.5 Å². The molecule has 14 heavy (non-hydrogen) atoms. The van der Waals surface area contributed by atoms with E-state index in [-0.39, 0.29) is 11.2 Å². The normalized spacial score (nSPS) is 11.4. The number of aromatic hydroxyl groups is 1. The first-order valence-electron chi connectivity index (χ1n) is 4.88. The van der Waals surface area contributed by atoms with Gasteiger partial charge in [-0.05, 0) is 29.5 Å². The van der Waals surface area contributed by atoms with Crippen molar-refractivity contribution in [3.05, 3.63) is 23.8 Å². The monoisotopic (exact) mass is 194 g/mol. The van der Waals surface area contributed by atoms with Crippen molar-refractivity contribution in [1.29, 1.82) is 0 Å². The van der Waals surface area contributed by atoms with Gasteiger partial charge in [0.25, 0.3) is 0 Å². The van der Waals surface area contributed by atoms with Gasteiger partial charge in [0.15, 0.2) is 11.5 Å². The Kier molecular flexibility index (Phi) is 3.04. The molecule has 0 radical (unpaired) electrons. The summed E-state index contributed by atoms with van der Waals surface area (Å²) >= 11 is 0. The Balaban J connectivity index is 3.12. The molecule has 0 aliphatic carbocycles. The Morgan fingerprint density at radius 2 is 2.00 bits per heavy atom. The average molecular weight is 194 g/mol. The van der Waals surface area contributed by atoms with E-state index in [4.69, 9.17) is 4.74 Å². The summed E-state index contributed by atoms with van der Waals surface area (Å²) in [5.74, 6) is 0.743. The van der Waals surface area contributed by atoms with E-state index in [0.717, 1.165) is 6.42 Å². The molecule has 1 aromatic carbocycles. The molecule has 0 aliphatic rings. The number of benzene rings is 1. The Bertz CT molecular complexity index is 316. The van der Waals surface area contributed by atoms with Crippen LogP contribution in [0.3, 0.4) is 0 Å². The lowest BCUT2D eigenvalue weighted by Gasteiger charge is -2.23. The second-order valence-corrected chi connectivity index (χ2v) is 4.12. The van der Waals surface area contributed by atoms with Gasteiger partial charge in [-0.1, -0.05) is 26.8 Å². The third-order valence-electron chi connectivity index (χ3n) is 2.85. The van der Waals surface area contributed by atoms with Crippen molar-refractivity contribution >= 4 is 0 Å². The summed E-state index contributed by atoms with van der Waals surface area (Å²) in [7, 11) is 1.57. The molecule has 0 spiro atoms. The van der Waals surface area contributed by atoms with E-state index in [1.165, 1.54) is 5.56 Å². The number of hydrogen-bond donors (Lipinski definition) is 1. The highest BCUT2D eigenvalue weighted by molar-refractivity contribution is 5.43. The average Bonchev–Trinajstić information content (AvgIpc) is 2.18. The molecular weight excluding hydrogens is 176 g/mol. The topological polar surface area (TPSA) is 29.5 Å². The summed E-state index contributed by atoms with van der Waals surface area (Å²) < 4.78 is 5.08. The molecule has 0 aliphatic heterocycles. The molecular formula is C12H18O2. The van der Waals surface area contributed by atoms with Crippen LogP contribution < -0.4 is 4.74 Å². The van der Waals surface area contributed by atoms with E-state index in [9.17, 15) is 5.11 Å². The largest absolute Gasteiger partial charge is 0.504 e. The Labute approximate surface area is 85.5 Å². The molecule has 2 nitrogen and oxygen atoms in total. The van der Waals surface area contributed by atoms with Gasteiger partial charge in [0.05, 0.1) is 7.11 Å². The predicted octanol–water partition coefficient (Wildman–Crippen LogP) is 3.09. The Morgan fingerprint density at radius 1 is 1.36 bits per heavy atom. The van der Waals surface area contributed by atoms with Crippen molar-refractivity contribution in [2.45, 2.75) is 32.6 Å². The fourth-order valence-electron chi connectivity index (χ4n) is 1.30. The van der Waals surface area contributed by atoms with Gasteiger partial charge in [0, 0.05) is 0 Å². The summed E-state index contributed by atoms with van der Waals surface area (Å²) in [6, 6.07) is 5.53. The van der Waals surface area contributed by atoms with Crippen molar-refractivity contribution in [1.82, 2.24) is 0 Å². The second-order valence-electron chi connectivity index (χ2n) is 4.12. The van der Waals surface area contributed by atoms with Crippen LogP contribution in [0.25, 0.3) is 0 Å². The first kappa shape index (κ1) is 10.9. The first-order valence-corrected chi connectivity index (χ1v) is 4.88. The number of phenols is 1. The molecule has 0 atom stereocenters. The van der Waals surface area contributed by atoms with E-state index in [1.807, 2.05) is 12.1 Å². The minimum atomic E-state index is 0.126. The van der Waals surface area contributed by atoms with Gasteiger partial charge in [-0.2, -0.15) is 0 Å². The molecule has 1 N–H and O–H groups in total. The maximum Gasteiger partial charge on any atom is 0.160 e. The van der Waals surface area contributed by atoms with E-state index in [1.54, 1.807) is 13.2 Å². The molecule has 0 saturated carbocycles. The molecule has 0 heterocycles. The molecule has 1 rings (SSSR count). The zero-order valence-electron chi connectivity index (χ0n) is 9.29. The number of hydrogen-bond acceptors (Lipinski definition) is 2. The lowest BCUT2D eigenvalue weighted by molar-refractivity contribution is 0.371. The summed E-state index contributed by atoms with van der Waals surface area (Å²) in [5.41, 5.74) is 1.32. The summed E-state index contributed by atoms with van der Waals surface area (Å²) in [6.45, 7) is 6.51. The minimum absolute atomic E-state index is 0.126. The van der Waals surface area contributed by atoms with Gasteiger partial charge in [-0.15, -0.1) is 0 Å². The number of methoxy groups -OCH3 is 1. The lowest BCUT2D eigenvalue weighted by Crippen LogP contribution is -2.15. The minimum Gasteiger partial charge on any atom is -0.504 e. The first-order chi connectivity index (χ1) is 6.51. The molecule has 78 valence electrons. The number of ether oxygens (including phenoxy) is 1. The fourth-order valence-corrected chi connectivity index (χ4v) is 1.30. The zero-order chi connectivity index (χ0) is 10.8. The van der Waals surface area contributed by atoms with Gasteiger partial charge in [-0.25, -0.2) is 0 Å². The highest BCUT2D eigenvalue weighted by Crippen LogP contribution is 2.33.